The summed E-state index contributed by atoms with van der Waals surface area (Å²) < 4.78 is 27.0. The maximum atomic E-state index is 11.5. The molecule has 1 aliphatic rings. The molecule has 0 bridgehead atoms. The molecule has 2 N–H and O–H groups in total. The van der Waals surface area contributed by atoms with Gasteiger partial charge in [-0.3, -0.25) is 0 Å². The second-order valence-corrected chi connectivity index (χ2v) is 7.82. The lowest BCUT2D eigenvalue weighted by atomic mass is 10.1. The summed E-state index contributed by atoms with van der Waals surface area (Å²) >= 11 is 3.38. The number of rotatable bonds is 2. The lowest BCUT2D eigenvalue weighted by molar-refractivity contribution is 0.265. The quantitative estimate of drug-likeness (QED) is 0.831. The van der Waals surface area contributed by atoms with Crippen molar-refractivity contribution in [3.05, 3.63) is 10.9 Å². The molecule has 0 aliphatic carbocycles. The summed E-state index contributed by atoms with van der Waals surface area (Å²) in [6, 6.07) is 0.103. The van der Waals surface area contributed by atoms with Crippen LogP contribution in [0.25, 0.3) is 11.0 Å². The number of nitrogen functional groups attached to an aromatic ring is 1. The summed E-state index contributed by atoms with van der Waals surface area (Å²) in [6.45, 7) is 0.978. The van der Waals surface area contributed by atoms with Crippen LogP contribution in [0.3, 0.4) is 0 Å². The molecule has 0 saturated carbocycles. The van der Waals surface area contributed by atoms with E-state index in [1.807, 2.05) is 4.68 Å². The van der Waals surface area contributed by atoms with Crippen molar-refractivity contribution in [1.29, 1.82) is 0 Å². The average molecular weight is 375 g/mol. The van der Waals surface area contributed by atoms with Crippen molar-refractivity contribution >= 4 is 42.8 Å². The van der Waals surface area contributed by atoms with Gasteiger partial charge in [-0.05, 0) is 28.8 Å². The molecule has 0 atom stereocenters. The Bertz CT molecular complexity index is 781. The third-order valence-corrected chi connectivity index (χ3v) is 5.57. The Balaban J connectivity index is 1.92. The van der Waals surface area contributed by atoms with Gasteiger partial charge in [-0.15, -0.1) is 0 Å². The first kappa shape index (κ1) is 14.7. The molecule has 1 aliphatic heterocycles. The highest BCUT2D eigenvalue weighted by atomic mass is 79.9. The lowest BCUT2D eigenvalue weighted by Crippen LogP contribution is -2.38. The number of anilines is 1. The summed E-state index contributed by atoms with van der Waals surface area (Å²) in [5, 5.41) is 5.14. The predicted octanol–water partition coefficient (Wildman–Crippen LogP) is 0.767. The van der Waals surface area contributed by atoms with Crippen LogP contribution < -0.4 is 5.73 Å². The number of nitrogens with zero attached hydrogens (tertiary/aromatic N) is 5. The third-order valence-electron chi connectivity index (χ3n) is 3.71. The maximum absolute atomic E-state index is 11.5. The Hall–Kier alpha value is -1.26. The molecule has 8 nitrogen and oxygen atoms in total. The van der Waals surface area contributed by atoms with E-state index in [9.17, 15) is 8.42 Å². The molecular formula is C11H15BrN6O2S. The van der Waals surface area contributed by atoms with Gasteiger partial charge < -0.3 is 5.73 Å². The fourth-order valence-corrected chi connectivity index (χ4v) is 4.05. The van der Waals surface area contributed by atoms with Crippen LogP contribution in [0.2, 0.25) is 0 Å². The highest BCUT2D eigenvalue weighted by Gasteiger charge is 2.28. The van der Waals surface area contributed by atoms with E-state index in [1.165, 1.54) is 16.9 Å². The minimum atomic E-state index is -3.13. The monoisotopic (exact) mass is 374 g/mol. The molecule has 0 aromatic carbocycles. The summed E-state index contributed by atoms with van der Waals surface area (Å²) in [4.78, 5) is 8.22. The average Bonchev–Trinajstić information content (AvgIpc) is 2.77. The van der Waals surface area contributed by atoms with Crippen molar-refractivity contribution in [2.45, 2.75) is 18.9 Å². The normalized spacial score (nSPS) is 18.4. The van der Waals surface area contributed by atoms with E-state index in [4.69, 9.17) is 5.73 Å². The highest BCUT2D eigenvalue weighted by Crippen LogP contribution is 2.31. The van der Waals surface area contributed by atoms with Crippen molar-refractivity contribution in [3.63, 3.8) is 0 Å². The second-order valence-electron chi connectivity index (χ2n) is 5.09. The van der Waals surface area contributed by atoms with E-state index >= 15 is 0 Å². The van der Waals surface area contributed by atoms with Crippen LogP contribution in [-0.2, 0) is 10.0 Å². The Kier molecular flexibility index (Phi) is 3.62. The number of fused-ring (bicyclic) bond motifs is 1. The third kappa shape index (κ3) is 2.62. The highest BCUT2D eigenvalue weighted by molar-refractivity contribution is 9.10. The van der Waals surface area contributed by atoms with Crippen LogP contribution in [0.4, 0.5) is 5.82 Å². The molecule has 1 fully saturated rings. The van der Waals surface area contributed by atoms with Crippen LogP contribution in [0.5, 0.6) is 0 Å². The number of halogens is 1. The molecule has 1 saturated heterocycles. The number of hydrogen-bond donors (Lipinski definition) is 1. The zero-order chi connectivity index (χ0) is 15.2. The van der Waals surface area contributed by atoms with Gasteiger partial charge in [0.05, 0.1) is 17.7 Å². The zero-order valence-corrected chi connectivity index (χ0v) is 13.8. The molecule has 3 heterocycles. The minimum Gasteiger partial charge on any atom is -0.383 e. The largest absolute Gasteiger partial charge is 0.383 e. The standard InChI is InChI=1S/C11H15BrN6O2S/c1-21(19,20)17-4-2-7(3-5-17)18-11-8(9(12)16-18)10(13)14-6-15-11/h6-7H,2-5H2,1H3,(H2,13,14,15). The number of piperidine rings is 1. The van der Waals surface area contributed by atoms with Crippen molar-refractivity contribution in [3.8, 4) is 0 Å². The fourth-order valence-electron chi connectivity index (χ4n) is 2.63. The Morgan fingerprint density at radius 3 is 2.62 bits per heavy atom. The molecule has 0 amide bonds. The Morgan fingerprint density at radius 1 is 1.33 bits per heavy atom. The Labute approximate surface area is 130 Å². The van der Waals surface area contributed by atoms with Gasteiger partial charge in [0.25, 0.3) is 0 Å². The molecule has 2 aromatic heterocycles. The van der Waals surface area contributed by atoms with Crippen LogP contribution in [0.1, 0.15) is 18.9 Å². The summed E-state index contributed by atoms with van der Waals surface area (Å²) in [5.41, 5.74) is 6.53. The smallest absolute Gasteiger partial charge is 0.211 e. The molecule has 0 unspecified atom stereocenters. The molecule has 21 heavy (non-hydrogen) atoms. The molecule has 0 radical (unpaired) electrons. The SMILES string of the molecule is CS(=O)(=O)N1CCC(n2nc(Br)c3c(N)ncnc32)CC1. The zero-order valence-electron chi connectivity index (χ0n) is 11.4. The van der Waals surface area contributed by atoms with E-state index in [2.05, 4.69) is 31.0 Å². The minimum absolute atomic E-state index is 0.103. The second kappa shape index (κ2) is 5.18. The van der Waals surface area contributed by atoms with Crippen LogP contribution in [0, 0.1) is 0 Å². The number of nitrogens with two attached hydrogens (primary N) is 1. The van der Waals surface area contributed by atoms with Crippen molar-refractivity contribution in [1.82, 2.24) is 24.1 Å². The molecule has 3 rings (SSSR count). The first-order chi connectivity index (χ1) is 9.88. The molecular weight excluding hydrogens is 360 g/mol. The lowest BCUT2D eigenvalue weighted by Gasteiger charge is -2.30. The van der Waals surface area contributed by atoms with Crippen LogP contribution in [0.15, 0.2) is 10.9 Å². The topological polar surface area (TPSA) is 107 Å². The van der Waals surface area contributed by atoms with E-state index in [1.54, 1.807) is 0 Å². The summed E-state index contributed by atoms with van der Waals surface area (Å²) in [7, 11) is -3.13. The first-order valence-corrected chi connectivity index (χ1v) is 9.11. The first-order valence-electron chi connectivity index (χ1n) is 6.47. The van der Waals surface area contributed by atoms with E-state index in [0.717, 1.165) is 0 Å². The van der Waals surface area contributed by atoms with Crippen molar-refractivity contribution < 1.29 is 8.42 Å². The number of hydrogen-bond acceptors (Lipinski definition) is 6. The molecule has 10 heteroatoms. The summed E-state index contributed by atoms with van der Waals surface area (Å²) in [5.74, 6) is 0.381. The van der Waals surface area contributed by atoms with E-state index in [0.29, 0.717) is 47.4 Å². The molecule has 114 valence electrons. The van der Waals surface area contributed by atoms with Gasteiger partial charge in [0.1, 0.15) is 16.7 Å². The van der Waals surface area contributed by atoms with E-state index in [-0.39, 0.29) is 6.04 Å². The van der Waals surface area contributed by atoms with Crippen molar-refractivity contribution in [2.75, 3.05) is 25.1 Å². The molecule has 2 aromatic rings. The predicted molar refractivity (Wildman–Crippen MR) is 82.1 cm³/mol. The van der Waals surface area contributed by atoms with E-state index < -0.39 is 10.0 Å². The number of sulfonamides is 1. The van der Waals surface area contributed by atoms with Gasteiger partial charge in [0, 0.05) is 13.1 Å². The van der Waals surface area contributed by atoms with Gasteiger partial charge in [-0.25, -0.2) is 27.4 Å². The van der Waals surface area contributed by atoms with Gasteiger partial charge in [-0.1, -0.05) is 0 Å². The van der Waals surface area contributed by atoms with Crippen molar-refractivity contribution in [2.24, 2.45) is 0 Å². The molecule has 0 spiro atoms. The fraction of sp³-hybridized carbons (Fsp3) is 0.545. The van der Waals surface area contributed by atoms with Crippen LogP contribution >= 0.6 is 15.9 Å². The number of aromatic nitrogens is 4. The Morgan fingerprint density at radius 2 is 2.00 bits per heavy atom. The van der Waals surface area contributed by atoms with Gasteiger partial charge in [0.2, 0.25) is 10.0 Å². The van der Waals surface area contributed by atoms with Gasteiger partial charge in [0.15, 0.2) is 5.65 Å². The van der Waals surface area contributed by atoms with Gasteiger partial charge in [-0.2, -0.15) is 5.10 Å². The van der Waals surface area contributed by atoms with Crippen LogP contribution in [-0.4, -0.2) is 51.8 Å². The van der Waals surface area contributed by atoms with Gasteiger partial charge >= 0.3 is 0 Å². The summed E-state index contributed by atoms with van der Waals surface area (Å²) in [6.07, 6.45) is 4.04. The maximum Gasteiger partial charge on any atom is 0.211 e.